The number of amides is 3. The average Bonchev–Trinajstić information content (AvgIpc) is 2.95. The van der Waals surface area contributed by atoms with Crippen LogP contribution < -0.4 is 20.3 Å². The Hall–Kier alpha value is -2.57. The quantitative estimate of drug-likeness (QED) is 0.768. The lowest BCUT2D eigenvalue weighted by atomic mass is 10.1. The molecule has 2 N–H and O–H groups in total. The highest BCUT2D eigenvalue weighted by atomic mass is 16.5. The Labute approximate surface area is 141 Å². The van der Waals surface area contributed by atoms with E-state index < -0.39 is 5.92 Å². The van der Waals surface area contributed by atoms with Gasteiger partial charge in [0.2, 0.25) is 17.7 Å². The van der Waals surface area contributed by atoms with Gasteiger partial charge >= 0.3 is 0 Å². The summed E-state index contributed by atoms with van der Waals surface area (Å²) in [7, 11) is 0. The molecule has 0 aromatic heterocycles. The number of likely N-dealkylation sites (N-methyl/N-ethyl adjacent to an activating group) is 1. The normalized spacial score (nSPS) is 16.8. The van der Waals surface area contributed by atoms with Crippen LogP contribution in [0.25, 0.3) is 0 Å². The molecule has 7 nitrogen and oxygen atoms in total. The van der Waals surface area contributed by atoms with Gasteiger partial charge in [-0.2, -0.15) is 0 Å². The van der Waals surface area contributed by atoms with Crippen LogP contribution in [0.15, 0.2) is 24.3 Å². The zero-order chi connectivity index (χ0) is 17.5. The maximum Gasteiger partial charge on any atom is 0.239 e. The van der Waals surface area contributed by atoms with Crippen LogP contribution in [0.5, 0.6) is 5.75 Å². The first-order valence-electron chi connectivity index (χ1n) is 8.13. The van der Waals surface area contributed by atoms with E-state index in [2.05, 4.69) is 10.6 Å². The van der Waals surface area contributed by atoms with Gasteiger partial charge in [0.15, 0.2) is 0 Å². The smallest absolute Gasteiger partial charge is 0.239 e. The molecule has 1 aromatic carbocycles. The number of carbonyl (C=O) groups is 3. The summed E-state index contributed by atoms with van der Waals surface area (Å²) in [6.07, 6.45) is 0.127. The molecule has 1 fully saturated rings. The lowest BCUT2D eigenvalue weighted by Crippen LogP contribution is -2.40. The SMILES string of the molecule is CCNC(=O)CNC(=O)[C@H]1CC(=O)N(c2ccccc2OCC)C1. The minimum absolute atomic E-state index is 0.0765. The molecule has 0 saturated carbocycles. The monoisotopic (exact) mass is 333 g/mol. The third-order valence-corrected chi connectivity index (χ3v) is 3.75. The molecule has 1 heterocycles. The van der Waals surface area contributed by atoms with Gasteiger partial charge in [-0.05, 0) is 26.0 Å². The highest BCUT2D eigenvalue weighted by molar-refractivity contribution is 6.01. The summed E-state index contributed by atoms with van der Waals surface area (Å²) in [5, 5.41) is 5.19. The first-order chi connectivity index (χ1) is 11.6. The van der Waals surface area contributed by atoms with Gasteiger partial charge in [0.25, 0.3) is 0 Å². The summed E-state index contributed by atoms with van der Waals surface area (Å²) >= 11 is 0. The van der Waals surface area contributed by atoms with Crippen molar-refractivity contribution >= 4 is 23.4 Å². The molecule has 0 radical (unpaired) electrons. The van der Waals surface area contributed by atoms with Gasteiger partial charge in [0, 0.05) is 19.5 Å². The largest absolute Gasteiger partial charge is 0.492 e. The predicted molar refractivity (Wildman–Crippen MR) is 89.8 cm³/mol. The Morgan fingerprint density at radius 2 is 2.00 bits per heavy atom. The molecule has 130 valence electrons. The number of nitrogens with one attached hydrogen (secondary N) is 2. The molecular weight excluding hydrogens is 310 g/mol. The molecule has 1 aliphatic heterocycles. The second-order valence-electron chi connectivity index (χ2n) is 5.48. The highest BCUT2D eigenvalue weighted by Crippen LogP contribution is 2.33. The van der Waals surface area contributed by atoms with Crippen molar-refractivity contribution in [3.8, 4) is 5.75 Å². The van der Waals surface area contributed by atoms with Crippen LogP contribution >= 0.6 is 0 Å². The fourth-order valence-corrected chi connectivity index (χ4v) is 2.65. The van der Waals surface area contributed by atoms with Gasteiger partial charge in [0.05, 0.1) is 24.8 Å². The number of carbonyl (C=O) groups excluding carboxylic acids is 3. The van der Waals surface area contributed by atoms with Crippen molar-refractivity contribution in [2.75, 3.05) is 31.1 Å². The zero-order valence-electron chi connectivity index (χ0n) is 14.0. The second-order valence-corrected chi connectivity index (χ2v) is 5.48. The summed E-state index contributed by atoms with van der Waals surface area (Å²) < 4.78 is 5.55. The van der Waals surface area contributed by atoms with Crippen LogP contribution in [0.3, 0.4) is 0 Å². The Balaban J connectivity index is 2.00. The molecule has 24 heavy (non-hydrogen) atoms. The first kappa shape index (κ1) is 17.8. The molecule has 1 saturated heterocycles. The fourth-order valence-electron chi connectivity index (χ4n) is 2.65. The molecular formula is C17H23N3O4. The van der Waals surface area contributed by atoms with Crippen LogP contribution in [0.1, 0.15) is 20.3 Å². The molecule has 1 atom stereocenters. The van der Waals surface area contributed by atoms with Crippen molar-refractivity contribution in [3.63, 3.8) is 0 Å². The van der Waals surface area contributed by atoms with Crippen molar-refractivity contribution in [2.24, 2.45) is 5.92 Å². The number of hydrogen-bond donors (Lipinski definition) is 2. The van der Waals surface area contributed by atoms with Crippen molar-refractivity contribution in [1.82, 2.24) is 10.6 Å². The minimum atomic E-state index is -0.471. The first-order valence-corrected chi connectivity index (χ1v) is 8.13. The number of rotatable bonds is 7. The molecule has 3 amide bonds. The third-order valence-electron chi connectivity index (χ3n) is 3.75. The van der Waals surface area contributed by atoms with Crippen LogP contribution in [0.4, 0.5) is 5.69 Å². The van der Waals surface area contributed by atoms with E-state index in [1.807, 2.05) is 26.0 Å². The molecule has 0 unspecified atom stereocenters. The van der Waals surface area contributed by atoms with Crippen LogP contribution in [-0.4, -0.2) is 44.0 Å². The zero-order valence-corrected chi connectivity index (χ0v) is 14.0. The Bertz CT molecular complexity index is 618. The highest BCUT2D eigenvalue weighted by Gasteiger charge is 2.36. The number of anilines is 1. The van der Waals surface area contributed by atoms with Gasteiger partial charge in [-0.3, -0.25) is 14.4 Å². The third kappa shape index (κ3) is 4.24. The number of ether oxygens (including phenoxy) is 1. The maximum atomic E-state index is 12.3. The summed E-state index contributed by atoms with van der Waals surface area (Å²) in [4.78, 5) is 37.5. The number of benzene rings is 1. The number of hydrogen-bond acceptors (Lipinski definition) is 4. The van der Waals surface area contributed by atoms with E-state index in [-0.39, 0.29) is 37.2 Å². The van der Waals surface area contributed by atoms with Gasteiger partial charge in [-0.15, -0.1) is 0 Å². The lowest BCUT2D eigenvalue weighted by molar-refractivity contribution is -0.128. The summed E-state index contributed by atoms with van der Waals surface area (Å²) in [5.74, 6) is -0.502. The van der Waals surface area contributed by atoms with E-state index in [1.165, 1.54) is 0 Å². The van der Waals surface area contributed by atoms with Crippen LogP contribution in [-0.2, 0) is 14.4 Å². The Kier molecular flexibility index (Phi) is 6.17. The fraction of sp³-hybridized carbons (Fsp3) is 0.471. The van der Waals surface area contributed by atoms with E-state index in [1.54, 1.807) is 17.0 Å². The van der Waals surface area contributed by atoms with Gasteiger partial charge < -0.3 is 20.3 Å². The van der Waals surface area contributed by atoms with Crippen LogP contribution in [0, 0.1) is 5.92 Å². The molecule has 0 bridgehead atoms. The second kappa shape index (κ2) is 8.33. The minimum Gasteiger partial charge on any atom is -0.492 e. The van der Waals surface area contributed by atoms with Crippen LogP contribution in [0.2, 0.25) is 0 Å². The molecule has 1 aromatic rings. The predicted octanol–water partition coefficient (Wildman–Crippen LogP) is 0.691. The van der Waals surface area contributed by atoms with E-state index >= 15 is 0 Å². The van der Waals surface area contributed by atoms with Crippen molar-refractivity contribution in [2.45, 2.75) is 20.3 Å². The van der Waals surface area contributed by atoms with Gasteiger partial charge in [-0.25, -0.2) is 0 Å². The Morgan fingerprint density at radius 3 is 2.71 bits per heavy atom. The van der Waals surface area contributed by atoms with Gasteiger partial charge in [-0.1, -0.05) is 12.1 Å². The van der Waals surface area contributed by atoms with E-state index in [4.69, 9.17) is 4.74 Å². The summed E-state index contributed by atoms with van der Waals surface area (Å²) in [6.45, 7) is 4.90. The van der Waals surface area contributed by atoms with Crippen molar-refractivity contribution in [1.29, 1.82) is 0 Å². The summed E-state index contributed by atoms with van der Waals surface area (Å²) in [5.41, 5.74) is 0.670. The van der Waals surface area contributed by atoms with E-state index in [9.17, 15) is 14.4 Å². The number of para-hydroxylation sites is 2. The Morgan fingerprint density at radius 1 is 1.25 bits per heavy atom. The maximum absolute atomic E-state index is 12.3. The molecule has 0 aliphatic carbocycles. The average molecular weight is 333 g/mol. The molecule has 1 aliphatic rings. The van der Waals surface area contributed by atoms with E-state index in [0.717, 1.165) is 0 Å². The van der Waals surface area contributed by atoms with Gasteiger partial charge in [0.1, 0.15) is 5.75 Å². The molecule has 7 heteroatoms. The standard InChI is InChI=1S/C17H23N3O4/c1-3-18-15(21)10-19-17(23)12-9-16(22)20(11-12)13-7-5-6-8-14(13)24-4-2/h5-8,12H,3-4,9-11H2,1-2H3,(H,18,21)(H,19,23)/t12-/m0/s1. The van der Waals surface area contributed by atoms with Crippen molar-refractivity contribution in [3.05, 3.63) is 24.3 Å². The summed E-state index contributed by atoms with van der Waals surface area (Å²) in [6, 6.07) is 7.27. The lowest BCUT2D eigenvalue weighted by Gasteiger charge is -2.20. The van der Waals surface area contributed by atoms with E-state index in [0.29, 0.717) is 24.6 Å². The number of nitrogens with zero attached hydrogens (tertiary/aromatic N) is 1. The molecule has 2 rings (SSSR count). The van der Waals surface area contributed by atoms with Crippen molar-refractivity contribution < 1.29 is 19.1 Å². The molecule has 0 spiro atoms. The topological polar surface area (TPSA) is 87.7 Å².